The molecule has 2 aromatic carbocycles. The molecule has 224 valence electrons. The molecule has 1 fully saturated rings. The number of aryl methyl sites for hydroxylation is 1. The minimum absolute atomic E-state index is 0.0520. The van der Waals surface area contributed by atoms with Gasteiger partial charge < -0.3 is 9.84 Å². The van der Waals surface area contributed by atoms with Crippen LogP contribution in [0, 0.1) is 6.92 Å². The highest BCUT2D eigenvalue weighted by Gasteiger charge is 2.49. The average Bonchev–Trinajstić information content (AvgIpc) is 3.70. The first-order chi connectivity index (χ1) is 21.4. The summed E-state index contributed by atoms with van der Waals surface area (Å²) in [4.78, 5) is 33.3. The largest absolute Gasteiger partial charge is 0.505 e. The summed E-state index contributed by atoms with van der Waals surface area (Å²) in [6, 6.07) is 19.2. The maximum absolute atomic E-state index is 13.7. The van der Waals surface area contributed by atoms with Crippen LogP contribution in [0.2, 0.25) is 5.02 Å². The first-order valence-electron chi connectivity index (χ1n) is 14.0. The van der Waals surface area contributed by atoms with E-state index in [0.29, 0.717) is 50.1 Å². The van der Waals surface area contributed by atoms with Crippen LogP contribution in [0.25, 0.3) is 11.4 Å². The monoisotopic (exact) mass is 645 g/mol. The molecule has 0 bridgehead atoms. The molecule has 9 nitrogen and oxygen atoms in total. The Labute approximate surface area is 267 Å². The number of pyridine rings is 1. The Morgan fingerprint density at radius 1 is 1.07 bits per heavy atom. The van der Waals surface area contributed by atoms with Crippen LogP contribution in [0.5, 0.6) is 5.75 Å². The lowest BCUT2D eigenvalue weighted by molar-refractivity contribution is -0.132. The normalized spacial score (nSPS) is 16.2. The Hall–Kier alpha value is -4.19. The van der Waals surface area contributed by atoms with Crippen LogP contribution in [-0.4, -0.2) is 43.0 Å². The van der Waals surface area contributed by atoms with Crippen molar-refractivity contribution >= 4 is 62.9 Å². The number of hydrogen-bond acceptors (Lipinski definition) is 9. The van der Waals surface area contributed by atoms with Gasteiger partial charge in [-0.2, -0.15) is 0 Å². The summed E-state index contributed by atoms with van der Waals surface area (Å²) < 4.78 is 8.15. The summed E-state index contributed by atoms with van der Waals surface area (Å²) in [6.45, 7) is 4.43. The molecule has 0 spiro atoms. The Morgan fingerprint density at radius 3 is 2.61 bits per heavy atom. The van der Waals surface area contributed by atoms with Gasteiger partial charge in [0.1, 0.15) is 17.1 Å². The first-order valence-corrected chi connectivity index (χ1v) is 16.2. The van der Waals surface area contributed by atoms with Crippen molar-refractivity contribution in [3.63, 3.8) is 0 Å². The van der Waals surface area contributed by atoms with Crippen molar-refractivity contribution in [2.45, 2.75) is 42.8 Å². The molecular formula is C32H28ClN5O4S2. The number of aromatic nitrogens is 4. The lowest BCUT2D eigenvalue weighted by atomic mass is 9.96. The number of halogens is 1. The highest BCUT2D eigenvalue weighted by atomic mass is 35.5. The number of carbonyl (C=O) groups is 2. The van der Waals surface area contributed by atoms with E-state index in [4.69, 9.17) is 16.3 Å². The van der Waals surface area contributed by atoms with E-state index < -0.39 is 17.7 Å². The first kappa shape index (κ1) is 29.9. The number of Topliss-reactive ketones (excluding diaryl/α,β-unsaturated/α-hetero) is 1. The van der Waals surface area contributed by atoms with Crippen molar-refractivity contribution in [1.82, 2.24) is 19.6 Å². The zero-order valence-corrected chi connectivity index (χ0v) is 26.3. The van der Waals surface area contributed by atoms with Crippen molar-refractivity contribution in [2.24, 2.45) is 0 Å². The highest BCUT2D eigenvalue weighted by Crippen LogP contribution is 2.44. The molecule has 0 radical (unpaired) electrons. The number of rotatable bonds is 10. The van der Waals surface area contributed by atoms with Gasteiger partial charge in [-0.15, -0.1) is 10.2 Å². The van der Waals surface area contributed by atoms with Gasteiger partial charge in [-0.25, -0.2) is 4.98 Å². The molecule has 1 atom stereocenters. The number of carbonyl (C=O) groups excluding carboxylic acids is 2. The minimum atomic E-state index is -0.956. The van der Waals surface area contributed by atoms with Gasteiger partial charge in [0.2, 0.25) is 5.13 Å². The number of fused-ring (bicyclic) bond motifs is 1. The molecular weight excluding hydrogens is 618 g/mol. The maximum Gasteiger partial charge on any atom is 0.301 e. The van der Waals surface area contributed by atoms with Crippen LogP contribution in [0.1, 0.15) is 48.3 Å². The van der Waals surface area contributed by atoms with Crippen LogP contribution < -0.4 is 9.64 Å². The molecule has 4 heterocycles. The Morgan fingerprint density at radius 2 is 1.84 bits per heavy atom. The molecule has 3 aromatic heterocycles. The second kappa shape index (κ2) is 12.8. The Kier molecular flexibility index (Phi) is 8.69. The molecule has 6 rings (SSSR count). The van der Waals surface area contributed by atoms with Crippen molar-refractivity contribution in [3.8, 4) is 5.75 Å². The van der Waals surface area contributed by atoms with Crippen molar-refractivity contribution in [3.05, 3.63) is 106 Å². The van der Waals surface area contributed by atoms with Crippen molar-refractivity contribution < 1.29 is 19.4 Å². The predicted molar refractivity (Wildman–Crippen MR) is 172 cm³/mol. The minimum Gasteiger partial charge on any atom is -0.505 e. The van der Waals surface area contributed by atoms with Crippen LogP contribution in [0.4, 0.5) is 5.13 Å². The second-order valence-corrected chi connectivity index (χ2v) is 12.7. The van der Waals surface area contributed by atoms with Crippen LogP contribution in [-0.2, 0) is 15.3 Å². The zero-order chi connectivity index (χ0) is 30.8. The summed E-state index contributed by atoms with van der Waals surface area (Å²) in [6.07, 6.45) is 3.69. The third-order valence-electron chi connectivity index (χ3n) is 7.25. The van der Waals surface area contributed by atoms with E-state index in [1.54, 1.807) is 53.9 Å². The molecule has 5 aromatic rings. The van der Waals surface area contributed by atoms with Gasteiger partial charge >= 0.3 is 5.91 Å². The number of unbranched alkanes of at least 4 members (excludes halogenated alkanes) is 1. The summed E-state index contributed by atoms with van der Waals surface area (Å²) in [5.41, 5.74) is 2.98. The van der Waals surface area contributed by atoms with E-state index in [2.05, 4.69) is 22.1 Å². The molecule has 1 amide bonds. The number of ketones is 1. The van der Waals surface area contributed by atoms with Gasteiger partial charge in [0.15, 0.2) is 10.1 Å². The van der Waals surface area contributed by atoms with Gasteiger partial charge in [0, 0.05) is 17.0 Å². The van der Waals surface area contributed by atoms with Crippen LogP contribution in [0.3, 0.4) is 0 Å². The third-order valence-corrected chi connectivity index (χ3v) is 9.72. The van der Waals surface area contributed by atoms with E-state index in [0.717, 1.165) is 18.4 Å². The summed E-state index contributed by atoms with van der Waals surface area (Å²) in [5.74, 6) is -0.699. The molecule has 0 aliphatic carbocycles. The number of aliphatic hydroxyl groups is 1. The Balaban J connectivity index is 1.41. The van der Waals surface area contributed by atoms with E-state index in [9.17, 15) is 14.7 Å². The molecule has 1 unspecified atom stereocenters. The molecule has 12 heteroatoms. The zero-order valence-electron chi connectivity index (χ0n) is 23.9. The molecule has 1 aliphatic rings. The number of hydrogen-bond donors (Lipinski definition) is 1. The topological polar surface area (TPSA) is 110 Å². The summed E-state index contributed by atoms with van der Waals surface area (Å²) in [7, 11) is 0. The quantitative estimate of drug-likeness (QED) is 0.0423. The SMILES string of the molecule is CCCCOc1ccc(C2C(=C(O)c3c(C)nc4ccccn34)C(=O)C(=O)N2c2nnc(SCc3ccccc3Cl)s2)cc1. The average molecular weight is 646 g/mol. The summed E-state index contributed by atoms with van der Waals surface area (Å²) >= 11 is 8.95. The fourth-order valence-corrected chi connectivity index (χ4v) is 7.22. The van der Waals surface area contributed by atoms with Crippen LogP contribution in [0.15, 0.2) is 82.8 Å². The van der Waals surface area contributed by atoms with Gasteiger partial charge in [-0.1, -0.05) is 84.4 Å². The van der Waals surface area contributed by atoms with E-state index in [-0.39, 0.29) is 16.5 Å². The number of ether oxygens (including phenoxy) is 1. The fraction of sp³-hybridized carbons (Fsp3) is 0.219. The van der Waals surface area contributed by atoms with E-state index in [1.807, 2.05) is 30.3 Å². The number of amides is 1. The number of anilines is 1. The molecule has 44 heavy (non-hydrogen) atoms. The predicted octanol–water partition coefficient (Wildman–Crippen LogP) is 7.25. The van der Waals surface area contributed by atoms with E-state index in [1.165, 1.54) is 28.0 Å². The Bertz CT molecular complexity index is 1890. The number of thioether (sulfide) groups is 1. The van der Waals surface area contributed by atoms with E-state index >= 15 is 0 Å². The van der Waals surface area contributed by atoms with Gasteiger partial charge in [-0.3, -0.25) is 18.9 Å². The second-order valence-electron chi connectivity index (χ2n) is 10.1. The smallest absolute Gasteiger partial charge is 0.301 e. The standard InChI is InChI=1S/C32H28ClN5O4S2/c1-3-4-17-42-22-14-12-20(13-15-22)27-25(28(39)26-19(2)34-24-11-7-8-16-37(24)26)29(40)30(41)38(27)31-35-36-32(44-31)43-18-21-9-5-6-10-23(21)33/h5-16,27,39H,3-4,17-18H2,1-2H3. The molecule has 0 saturated carbocycles. The third kappa shape index (κ3) is 5.70. The van der Waals surface area contributed by atoms with Gasteiger partial charge in [-0.05, 0) is 54.8 Å². The van der Waals surface area contributed by atoms with Gasteiger partial charge in [0.25, 0.3) is 5.78 Å². The van der Waals surface area contributed by atoms with Crippen molar-refractivity contribution in [1.29, 1.82) is 0 Å². The molecule has 1 N–H and O–H groups in total. The van der Waals surface area contributed by atoms with Crippen LogP contribution >= 0.6 is 34.7 Å². The number of aliphatic hydroxyl groups excluding tert-OH is 1. The lowest BCUT2D eigenvalue weighted by Crippen LogP contribution is -2.29. The summed E-state index contributed by atoms with van der Waals surface area (Å²) in [5, 5.41) is 21.3. The number of benzene rings is 2. The maximum atomic E-state index is 13.7. The number of nitrogens with zero attached hydrogens (tertiary/aromatic N) is 5. The number of imidazole rings is 1. The lowest BCUT2D eigenvalue weighted by Gasteiger charge is -2.22. The van der Waals surface area contributed by atoms with Gasteiger partial charge in [0.05, 0.1) is 23.9 Å². The molecule has 1 saturated heterocycles. The fourth-order valence-electron chi connectivity index (χ4n) is 5.07. The molecule has 1 aliphatic heterocycles. The highest BCUT2D eigenvalue weighted by molar-refractivity contribution is 8.00. The van der Waals surface area contributed by atoms with Crippen molar-refractivity contribution in [2.75, 3.05) is 11.5 Å².